The van der Waals surface area contributed by atoms with Crippen molar-refractivity contribution in [2.75, 3.05) is 19.3 Å². The maximum atomic E-state index is 11.6. The Kier molecular flexibility index (Phi) is 4.19. The van der Waals surface area contributed by atoms with Crippen LogP contribution in [0.25, 0.3) is 0 Å². The van der Waals surface area contributed by atoms with Gasteiger partial charge in [-0.05, 0) is 12.8 Å². The monoisotopic (exact) mass is 262 g/mol. The molecule has 0 radical (unpaired) electrons. The molecule has 0 aromatic rings. The van der Waals surface area contributed by atoms with Crippen molar-refractivity contribution in [1.29, 1.82) is 0 Å². The minimum atomic E-state index is -3.15. The van der Waals surface area contributed by atoms with Crippen LogP contribution in [0.15, 0.2) is 0 Å². The van der Waals surface area contributed by atoms with Crippen molar-refractivity contribution in [3.8, 4) is 0 Å². The lowest BCUT2D eigenvalue weighted by atomic mass is 9.96. The van der Waals surface area contributed by atoms with E-state index in [1.54, 1.807) is 0 Å². The van der Waals surface area contributed by atoms with Crippen LogP contribution in [-0.2, 0) is 14.8 Å². The quantitative estimate of drug-likeness (QED) is 0.788. The molecule has 0 saturated heterocycles. The topological polar surface area (TPSA) is 66.5 Å². The van der Waals surface area contributed by atoms with Crippen LogP contribution in [-0.4, -0.2) is 44.0 Å². The number of carbonyl (C=O) groups excluding carboxylic acids is 1. The Hall–Kier alpha value is -0.620. The molecule has 1 saturated carbocycles. The number of sulfonamides is 1. The summed E-state index contributed by atoms with van der Waals surface area (Å²) in [6.07, 6.45) is 3.08. The fourth-order valence-electron chi connectivity index (χ4n) is 1.53. The lowest BCUT2D eigenvalue weighted by Crippen LogP contribution is -2.42. The molecular weight excluding hydrogens is 240 g/mol. The molecule has 1 fully saturated rings. The molecule has 0 spiro atoms. The molecule has 100 valence electrons. The van der Waals surface area contributed by atoms with E-state index in [9.17, 15) is 13.2 Å². The molecule has 0 aliphatic heterocycles. The molecule has 1 rings (SSSR count). The fourth-order valence-corrected chi connectivity index (χ4v) is 2.70. The average molecular weight is 262 g/mol. The van der Waals surface area contributed by atoms with Crippen LogP contribution in [0.1, 0.15) is 33.6 Å². The van der Waals surface area contributed by atoms with E-state index in [1.807, 2.05) is 20.8 Å². The van der Waals surface area contributed by atoms with Crippen LogP contribution in [0.3, 0.4) is 0 Å². The summed E-state index contributed by atoms with van der Waals surface area (Å²) in [7, 11) is -3.15. The van der Waals surface area contributed by atoms with Gasteiger partial charge in [0.2, 0.25) is 15.9 Å². The second kappa shape index (κ2) is 4.94. The van der Waals surface area contributed by atoms with E-state index in [2.05, 4.69) is 5.32 Å². The fraction of sp³-hybridized carbons (Fsp3) is 0.909. The van der Waals surface area contributed by atoms with Gasteiger partial charge in [-0.3, -0.25) is 4.79 Å². The first-order valence-electron chi connectivity index (χ1n) is 5.87. The Labute approximate surface area is 104 Å². The molecule has 0 aromatic heterocycles. The summed E-state index contributed by atoms with van der Waals surface area (Å²) in [5.41, 5.74) is -0.435. The van der Waals surface area contributed by atoms with E-state index >= 15 is 0 Å². The predicted octanol–water partition coefficient (Wildman–Crippen LogP) is 0.573. The first-order valence-corrected chi connectivity index (χ1v) is 7.72. The molecule has 0 atom stereocenters. The van der Waals surface area contributed by atoms with E-state index in [0.717, 1.165) is 12.8 Å². The molecule has 1 aliphatic carbocycles. The van der Waals surface area contributed by atoms with Gasteiger partial charge in [0.15, 0.2) is 0 Å². The maximum Gasteiger partial charge on any atom is 0.225 e. The zero-order chi connectivity index (χ0) is 13.3. The molecule has 1 N–H and O–H groups in total. The lowest BCUT2D eigenvalue weighted by molar-refractivity contribution is -0.128. The number of nitrogens with zero attached hydrogens (tertiary/aromatic N) is 1. The molecular formula is C11H22N2O3S. The standard InChI is InChI=1S/C11H22N2O3S/c1-11(2,3)10(14)12-7-8-13(9-5-6-9)17(4,15)16/h9H,5-8H2,1-4H3,(H,12,14). The number of hydrogen-bond donors (Lipinski definition) is 1. The Morgan fingerprint density at radius 1 is 1.35 bits per heavy atom. The van der Waals surface area contributed by atoms with Gasteiger partial charge >= 0.3 is 0 Å². The molecule has 0 aromatic carbocycles. The minimum Gasteiger partial charge on any atom is -0.354 e. The van der Waals surface area contributed by atoms with Gasteiger partial charge in [-0.15, -0.1) is 0 Å². The Morgan fingerprint density at radius 3 is 2.24 bits per heavy atom. The highest BCUT2D eigenvalue weighted by atomic mass is 32.2. The highest BCUT2D eigenvalue weighted by Crippen LogP contribution is 2.28. The van der Waals surface area contributed by atoms with Crippen molar-refractivity contribution in [1.82, 2.24) is 9.62 Å². The second-order valence-corrected chi connectivity index (χ2v) is 7.55. The summed E-state index contributed by atoms with van der Waals surface area (Å²) in [5, 5.41) is 2.76. The van der Waals surface area contributed by atoms with Gasteiger partial charge in [0, 0.05) is 24.5 Å². The van der Waals surface area contributed by atoms with Gasteiger partial charge in [0.05, 0.1) is 6.26 Å². The van der Waals surface area contributed by atoms with Crippen molar-refractivity contribution in [2.45, 2.75) is 39.7 Å². The summed E-state index contributed by atoms with van der Waals surface area (Å²) in [4.78, 5) is 11.6. The van der Waals surface area contributed by atoms with Crippen LogP contribution in [0.4, 0.5) is 0 Å². The molecule has 1 aliphatic rings. The summed E-state index contributed by atoms with van der Waals surface area (Å²) in [6.45, 7) is 6.23. The predicted molar refractivity (Wildman–Crippen MR) is 67.0 cm³/mol. The van der Waals surface area contributed by atoms with Gasteiger partial charge in [-0.1, -0.05) is 20.8 Å². The maximum absolute atomic E-state index is 11.6. The van der Waals surface area contributed by atoms with Gasteiger partial charge in [-0.2, -0.15) is 4.31 Å². The molecule has 1 amide bonds. The molecule has 6 heteroatoms. The third-order valence-corrected chi connectivity index (χ3v) is 4.01. The third-order valence-electron chi connectivity index (χ3n) is 2.68. The molecule has 17 heavy (non-hydrogen) atoms. The number of carbonyl (C=O) groups is 1. The zero-order valence-corrected chi connectivity index (χ0v) is 11.8. The van der Waals surface area contributed by atoms with Crippen LogP contribution in [0.5, 0.6) is 0 Å². The largest absolute Gasteiger partial charge is 0.354 e. The molecule has 0 bridgehead atoms. The first-order chi connectivity index (χ1) is 7.62. The third kappa shape index (κ3) is 4.63. The van der Waals surface area contributed by atoms with E-state index in [4.69, 9.17) is 0 Å². The SMILES string of the molecule is CC(C)(C)C(=O)NCCN(C1CC1)S(C)(=O)=O. The highest BCUT2D eigenvalue weighted by molar-refractivity contribution is 7.88. The normalized spacial score (nSPS) is 17.2. The summed E-state index contributed by atoms with van der Waals surface area (Å²) >= 11 is 0. The summed E-state index contributed by atoms with van der Waals surface area (Å²) < 4.78 is 24.5. The lowest BCUT2D eigenvalue weighted by Gasteiger charge is -2.22. The van der Waals surface area contributed by atoms with Crippen LogP contribution >= 0.6 is 0 Å². The second-order valence-electron chi connectivity index (χ2n) is 5.61. The molecule has 5 nitrogen and oxygen atoms in total. The smallest absolute Gasteiger partial charge is 0.225 e. The van der Waals surface area contributed by atoms with E-state index in [-0.39, 0.29) is 11.9 Å². The zero-order valence-electron chi connectivity index (χ0n) is 11.0. The van der Waals surface area contributed by atoms with E-state index in [1.165, 1.54) is 10.6 Å². The molecule has 0 unspecified atom stereocenters. The number of amides is 1. The number of nitrogens with one attached hydrogen (secondary N) is 1. The summed E-state index contributed by atoms with van der Waals surface area (Å²) in [6, 6.07) is 0.150. The number of rotatable bonds is 5. The van der Waals surface area contributed by atoms with Crippen LogP contribution in [0, 0.1) is 5.41 Å². The van der Waals surface area contributed by atoms with Crippen molar-refractivity contribution < 1.29 is 13.2 Å². The van der Waals surface area contributed by atoms with Crippen LogP contribution < -0.4 is 5.32 Å². The number of hydrogen-bond acceptors (Lipinski definition) is 3. The minimum absolute atomic E-state index is 0.0539. The van der Waals surface area contributed by atoms with Crippen molar-refractivity contribution >= 4 is 15.9 Å². The van der Waals surface area contributed by atoms with Gasteiger partial charge in [0.1, 0.15) is 0 Å². The average Bonchev–Trinajstić information content (AvgIpc) is 2.91. The Balaban J connectivity index is 2.42. The summed E-state index contributed by atoms with van der Waals surface area (Å²) in [5.74, 6) is -0.0539. The van der Waals surface area contributed by atoms with E-state index in [0.29, 0.717) is 13.1 Å². The molecule has 0 heterocycles. The van der Waals surface area contributed by atoms with Crippen molar-refractivity contribution in [2.24, 2.45) is 5.41 Å². The van der Waals surface area contributed by atoms with Gasteiger partial charge in [0.25, 0.3) is 0 Å². The van der Waals surface area contributed by atoms with E-state index < -0.39 is 15.4 Å². The Morgan fingerprint density at radius 2 is 1.88 bits per heavy atom. The van der Waals surface area contributed by atoms with Gasteiger partial charge in [-0.25, -0.2) is 8.42 Å². The van der Waals surface area contributed by atoms with Crippen molar-refractivity contribution in [3.05, 3.63) is 0 Å². The van der Waals surface area contributed by atoms with Crippen LogP contribution in [0.2, 0.25) is 0 Å². The Bertz CT molecular complexity index is 380. The highest BCUT2D eigenvalue weighted by Gasteiger charge is 2.34. The van der Waals surface area contributed by atoms with Crippen molar-refractivity contribution in [3.63, 3.8) is 0 Å². The first kappa shape index (κ1) is 14.4. The van der Waals surface area contributed by atoms with Gasteiger partial charge < -0.3 is 5.32 Å².